The molecule has 0 aliphatic rings. The van der Waals surface area contributed by atoms with Crippen molar-refractivity contribution in [3.05, 3.63) is 29.8 Å². The van der Waals surface area contributed by atoms with Crippen LogP contribution in [-0.2, 0) is 40.0 Å². The van der Waals surface area contributed by atoms with Gasteiger partial charge in [0, 0.05) is 25.9 Å². The predicted molar refractivity (Wildman–Crippen MR) is 218 cm³/mol. The summed E-state index contributed by atoms with van der Waals surface area (Å²) in [5, 5.41) is 32.5. The molecule has 0 bridgehead atoms. The molecular weight excluding hydrogens is 772 g/mol. The molecule has 0 aliphatic carbocycles. The van der Waals surface area contributed by atoms with Gasteiger partial charge in [-0.3, -0.25) is 43.5 Å². The van der Waals surface area contributed by atoms with Crippen molar-refractivity contribution >= 4 is 53.3 Å². The molecule has 23 heteroatoms. The molecule has 0 saturated heterocycles. The van der Waals surface area contributed by atoms with E-state index >= 15 is 0 Å². The number of nitrogens with one attached hydrogen (secondary N) is 5. The third kappa shape index (κ3) is 19.7. The lowest BCUT2D eigenvalue weighted by Crippen LogP contribution is -2.61. The Morgan fingerprint density at radius 1 is 0.644 bits per heavy atom. The van der Waals surface area contributed by atoms with Gasteiger partial charge in [-0.25, -0.2) is 0 Å². The van der Waals surface area contributed by atoms with Crippen molar-refractivity contribution < 1.29 is 43.8 Å². The largest absolute Gasteiger partial charge is 0.508 e. The molecule has 0 saturated carbocycles. The van der Waals surface area contributed by atoms with E-state index < -0.39 is 90.1 Å². The molecule has 0 spiro atoms. The number of nitrogens with zero attached hydrogens (tertiary/aromatic N) is 2. The van der Waals surface area contributed by atoms with Crippen LogP contribution in [0.15, 0.2) is 34.3 Å². The zero-order valence-electron chi connectivity index (χ0n) is 33.7. The number of amides is 7. The Kier molecular flexibility index (Phi) is 22.3. The first-order valence-corrected chi connectivity index (χ1v) is 19.1. The van der Waals surface area contributed by atoms with Gasteiger partial charge in [0.25, 0.3) is 0 Å². The van der Waals surface area contributed by atoms with Crippen LogP contribution in [0.25, 0.3) is 0 Å². The fourth-order valence-corrected chi connectivity index (χ4v) is 5.44. The summed E-state index contributed by atoms with van der Waals surface area (Å²) in [5.74, 6) is -6.84. The van der Waals surface area contributed by atoms with Crippen LogP contribution in [-0.4, -0.2) is 119 Å². The number of guanidine groups is 2. The molecule has 0 unspecified atom stereocenters. The second-order valence-electron chi connectivity index (χ2n) is 14.1. The molecule has 21 N–H and O–H groups in total. The zero-order chi connectivity index (χ0) is 44.8. The van der Waals surface area contributed by atoms with Gasteiger partial charge in [-0.15, -0.1) is 0 Å². The molecule has 0 heterocycles. The van der Waals surface area contributed by atoms with Gasteiger partial charge in [0.05, 0.1) is 12.1 Å². The van der Waals surface area contributed by atoms with Gasteiger partial charge >= 0.3 is 0 Å². The molecule has 0 radical (unpaired) electrons. The first kappa shape index (κ1) is 50.8. The van der Waals surface area contributed by atoms with E-state index in [9.17, 15) is 43.8 Å². The number of hydrogen-bond donors (Lipinski definition) is 14. The van der Waals surface area contributed by atoms with Gasteiger partial charge in [0.15, 0.2) is 11.9 Å². The van der Waals surface area contributed by atoms with Gasteiger partial charge in [-0.2, -0.15) is 0 Å². The second kappa shape index (κ2) is 25.9. The quantitative estimate of drug-likeness (QED) is 0.0224. The molecular formula is C36H62N14O9. The summed E-state index contributed by atoms with van der Waals surface area (Å²) in [6.07, 6.45) is -1.60. The molecule has 1 aromatic rings. The van der Waals surface area contributed by atoms with Crippen molar-refractivity contribution in [2.45, 2.75) is 114 Å². The molecule has 1 aromatic carbocycles. The standard InChI is InChI=1S/C36H62N14O9/c1-4-18(2)27(38)33(58)50-28(19(3)51)34(59)48-23(8-6-16-45-36(42)43)30(55)47-24(13-14-26(37)53)32(57)46-22(7-5-15-44-35(40)41)31(56)49-25(29(39)54)17-20-9-11-21(52)12-10-20/h9-12,18-19,22-25,27-28,51-52H,4-8,13-17,38H2,1-3H3,(H2,37,53)(H2,39,54)(H,46,57)(H,47,55)(H,48,59)(H,49,56)(H,50,58)(H4,40,41,44)(H4,42,43,45)/t18-,19+,22-,23-,24-,25-,27-,28-/m0/s1. The summed E-state index contributed by atoms with van der Waals surface area (Å²) in [7, 11) is 0. The highest BCUT2D eigenvalue weighted by Gasteiger charge is 2.34. The second-order valence-corrected chi connectivity index (χ2v) is 14.1. The summed E-state index contributed by atoms with van der Waals surface area (Å²) in [4.78, 5) is 99.7. The van der Waals surface area contributed by atoms with E-state index in [0.29, 0.717) is 12.0 Å². The lowest BCUT2D eigenvalue weighted by molar-refractivity contribution is -0.136. The minimum atomic E-state index is -1.55. The van der Waals surface area contributed by atoms with E-state index in [2.05, 4.69) is 36.6 Å². The SMILES string of the molecule is CC[C@H](C)[C@H](N)C(=O)N[C@H](C(=O)N[C@@H](CCCN=C(N)N)C(=O)N[C@@H](CCC(N)=O)C(=O)N[C@@H](CCCN=C(N)N)C(=O)N[C@@H](Cc1ccc(O)cc1)C(N)=O)[C@@H](C)O. The number of benzene rings is 1. The molecule has 330 valence electrons. The predicted octanol–water partition coefficient (Wildman–Crippen LogP) is -5.03. The van der Waals surface area contributed by atoms with Crippen molar-refractivity contribution in [1.82, 2.24) is 26.6 Å². The number of primary amides is 2. The summed E-state index contributed by atoms with van der Waals surface area (Å²) in [6, 6.07) is -2.28. The summed E-state index contributed by atoms with van der Waals surface area (Å²) in [6.45, 7) is 4.89. The number of aromatic hydroxyl groups is 1. The van der Waals surface area contributed by atoms with Crippen LogP contribution in [0.5, 0.6) is 5.75 Å². The van der Waals surface area contributed by atoms with Crippen LogP contribution in [0.3, 0.4) is 0 Å². The van der Waals surface area contributed by atoms with E-state index in [1.807, 2.05) is 6.92 Å². The Morgan fingerprint density at radius 3 is 1.49 bits per heavy atom. The maximum absolute atomic E-state index is 13.9. The summed E-state index contributed by atoms with van der Waals surface area (Å²) in [5.41, 5.74) is 39.2. The third-order valence-corrected chi connectivity index (χ3v) is 9.13. The topological polar surface area (TPSA) is 427 Å². The van der Waals surface area contributed by atoms with Crippen molar-refractivity contribution in [3.63, 3.8) is 0 Å². The lowest BCUT2D eigenvalue weighted by Gasteiger charge is -2.28. The number of rotatable bonds is 27. The van der Waals surface area contributed by atoms with Crippen LogP contribution >= 0.6 is 0 Å². The molecule has 0 aliphatic heterocycles. The van der Waals surface area contributed by atoms with E-state index in [1.54, 1.807) is 6.92 Å². The number of phenolic OH excluding ortho intramolecular Hbond substituents is 1. The number of aliphatic hydroxyl groups is 1. The number of phenols is 1. The highest BCUT2D eigenvalue weighted by Crippen LogP contribution is 2.13. The maximum Gasteiger partial charge on any atom is 0.245 e. The number of hydrogen-bond acceptors (Lipinski definition) is 12. The van der Waals surface area contributed by atoms with Crippen LogP contribution in [0, 0.1) is 5.92 Å². The fourth-order valence-electron chi connectivity index (χ4n) is 5.44. The maximum atomic E-state index is 13.9. The first-order chi connectivity index (χ1) is 27.7. The molecule has 7 amide bonds. The van der Waals surface area contributed by atoms with Gasteiger partial charge in [-0.1, -0.05) is 32.4 Å². The van der Waals surface area contributed by atoms with E-state index in [4.69, 9.17) is 40.1 Å². The lowest BCUT2D eigenvalue weighted by atomic mass is 9.98. The molecule has 0 fully saturated rings. The molecule has 23 nitrogen and oxygen atoms in total. The van der Waals surface area contributed by atoms with Crippen molar-refractivity contribution in [1.29, 1.82) is 0 Å². The Hall–Kier alpha value is -6.23. The van der Waals surface area contributed by atoms with E-state index in [0.717, 1.165) is 0 Å². The Labute approximate surface area is 342 Å². The molecule has 0 aromatic heterocycles. The van der Waals surface area contributed by atoms with Gasteiger partial charge in [0.2, 0.25) is 41.4 Å². The normalized spacial score (nSPS) is 14.9. The van der Waals surface area contributed by atoms with Crippen LogP contribution < -0.4 is 66.7 Å². The van der Waals surface area contributed by atoms with Crippen molar-refractivity contribution in [3.8, 4) is 5.75 Å². The summed E-state index contributed by atoms with van der Waals surface area (Å²) >= 11 is 0. The average molecular weight is 835 g/mol. The van der Waals surface area contributed by atoms with Gasteiger partial charge < -0.3 is 76.9 Å². The minimum absolute atomic E-state index is 0.0234. The van der Waals surface area contributed by atoms with Gasteiger partial charge in [0.1, 0.15) is 36.0 Å². The van der Waals surface area contributed by atoms with Crippen LogP contribution in [0.1, 0.15) is 71.3 Å². The summed E-state index contributed by atoms with van der Waals surface area (Å²) < 4.78 is 0. The highest BCUT2D eigenvalue weighted by atomic mass is 16.3. The molecule has 1 rings (SSSR count). The molecule has 8 atom stereocenters. The van der Waals surface area contributed by atoms with Crippen LogP contribution in [0.4, 0.5) is 0 Å². The molecule has 59 heavy (non-hydrogen) atoms. The zero-order valence-corrected chi connectivity index (χ0v) is 33.7. The van der Waals surface area contributed by atoms with Crippen molar-refractivity contribution in [2.24, 2.45) is 56.0 Å². The Morgan fingerprint density at radius 2 is 1.08 bits per heavy atom. The third-order valence-electron chi connectivity index (χ3n) is 9.13. The fraction of sp³-hybridized carbons (Fsp3) is 0.583. The number of nitrogens with two attached hydrogens (primary N) is 7. The monoisotopic (exact) mass is 834 g/mol. The minimum Gasteiger partial charge on any atom is -0.508 e. The van der Waals surface area contributed by atoms with Crippen molar-refractivity contribution in [2.75, 3.05) is 13.1 Å². The number of aliphatic hydroxyl groups excluding tert-OH is 1. The highest BCUT2D eigenvalue weighted by molar-refractivity contribution is 5.97. The average Bonchev–Trinajstić information content (AvgIpc) is 3.16. The Balaban J connectivity index is 3.43. The number of aliphatic imine (C=N–C) groups is 2. The Bertz CT molecular complexity index is 1630. The number of carbonyl (C=O) groups excluding carboxylic acids is 7. The van der Waals surface area contributed by atoms with Crippen LogP contribution in [0.2, 0.25) is 0 Å². The smallest absolute Gasteiger partial charge is 0.245 e. The van der Waals surface area contributed by atoms with E-state index in [1.165, 1.54) is 31.2 Å². The first-order valence-electron chi connectivity index (χ1n) is 19.1. The van der Waals surface area contributed by atoms with Gasteiger partial charge in [-0.05, 0) is 62.6 Å². The number of carbonyl (C=O) groups is 7. The van der Waals surface area contributed by atoms with E-state index in [-0.39, 0.29) is 75.2 Å².